The van der Waals surface area contributed by atoms with Crippen molar-refractivity contribution in [2.24, 2.45) is 0 Å². The number of phenols is 1. The van der Waals surface area contributed by atoms with Gasteiger partial charge in [0.1, 0.15) is 19.4 Å². The van der Waals surface area contributed by atoms with Crippen LogP contribution in [-0.2, 0) is 14.4 Å². The highest BCUT2D eigenvalue weighted by Gasteiger charge is 2.30. The summed E-state index contributed by atoms with van der Waals surface area (Å²) in [7, 11) is 0. The lowest BCUT2D eigenvalue weighted by Gasteiger charge is -1.97. The van der Waals surface area contributed by atoms with Gasteiger partial charge >= 0.3 is 11.4 Å². The molecule has 13 nitrogen and oxygen atoms in total. The number of nitrogens with zero attached hydrogens (tertiary/aromatic N) is 3. The van der Waals surface area contributed by atoms with Gasteiger partial charge in [0.15, 0.2) is 0 Å². The van der Waals surface area contributed by atoms with Crippen LogP contribution in [0, 0.1) is 30.3 Å². The third-order valence-corrected chi connectivity index (χ3v) is 2.30. The van der Waals surface area contributed by atoms with E-state index in [4.69, 9.17) is 9.90 Å². The van der Waals surface area contributed by atoms with Crippen LogP contribution in [-0.4, -0.2) is 39.2 Å². The van der Waals surface area contributed by atoms with Crippen LogP contribution in [0.4, 0.5) is 17.1 Å². The van der Waals surface area contributed by atoms with E-state index in [1.807, 2.05) is 6.79 Å². The highest BCUT2D eigenvalue weighted by molar-refractivity contribution is 5.64. The van der Waals surface area contributed by atoms with Gasteiger partial charge < -0.3 is 19.5 Å². The van der Waals surface area contributed by atoms with Gasteiger partial charge in [-0.3, -0.25) is 30.3 Å². The summed E-state index contributed by atoms with van der Waals surface area (Å²) in [5.74, 6) is -1.21. The second kappa shape index (κ2) is 12.7. The number of phenolic OH excluding ortho intramolecular Hbond substituents is 1. The molecule has 0 aromatic heterocycles. The van der Waals surface area contributed by atoms with Crippen LogP contribution < -0.4 is 0 Å². The zero-order valence-corrected chi connectivity index (χ0v) is 12.6. The van der Waals surface area contributed by atoms with Crippen molar-refractivity contribution in [2.75, 3.05) is 0 Å². The Hall–Kier alpha value is -3.77. The summed E-state index contributed by atoms with van der Waals surface area (Å²) in [5, 5.41) is 40.2. The van der Waals surface area contributed by atoms with E-state index in [0.717, 1.165) is 12.6 Å². The molecular weight excluding hydrogens is 346 g/mol. The molecule has 0 aliphatic carbocycles. The van der Waals surface area contributed by atoms with E-state index in [0.29, 0.717) is 31.4 Å². The third kappa shape index (κ3) is 8.44. The highest BCUT2D eigenvalue weighted by Crippen LogP contribution is 2.38. The maximum atomic E-state index is 10.4. The molecule has 0 radical (unpaired) electrons. The molecule has 1 aromatic carbocycles. The van der Waals surface area contributed by atoms with Crippen LogP contribution in [0.25, 0.3) is 0 Å². The van der Waals surface area contributed by atoms with E-state index in [1.165, 1.54) is 0 Å². The number of unbranched alkanes of at least 4 members (excludes halogenated alkanes) is 2. The number of aromatic hydroxyl groups is 1. The van der Waals surface area contributed by atoms with E-state index < -0.39 is 37.6 Å². The fourth-order valence-corrected chi connectivity index (χ4v) is 1.26. The van der Waals surface area contributed by atoms with Gasteiger partial charge in [0.2, 0.25) is 0 Å². The molecule has 0 amide bonds. The Balaban J connectivity index is 0. The van der Waals surface area contributed by atoms with Crippen molar-refractivity contribution < 1.29 is 34.3 Å². The number of hydrogen-bond donors (Lipinski definition) is 1. The monoisotopic (exact) mass is 359 g/mol. The largest absolute Gasteiger partial charge is 0.497 e. The molecule has 0 fully saturated rings. The first-order valence-electron chi connectivity index (χ1n) is 6.22. The zero-order valence-electron chi connectivity index (χ0n) is 12.6. The molecule has 13 heteroatoms. The van der Waals surface area contributed by atoms with Crippen LogP contribution in [0.15, 0.2) is 12.1 Å². The lowest BCUT2D eigenvalue weighted by molar-refractivity contribution is -0.404. The molecular formula is C12H13N3O10. The predicted octanol–water partition coefficient (Wildman–Crippen LogP) is 1.49. The summed E-state index contributed by atoms with van der Waals surface area (Å²) >= 11 is 0. The standard InChI is InChI=1S/C6H3N3O7.C5H8O2.CH2O/c10-6-4(8(13)14)1-3(7(11)12)2-5(6)9(15)16;6-4-2-1-3-5-7;1-2/h1-2,10H;4-5H,1-3H2;1H2. The number of carbonyl (C=O) groups excluding carboxylic acids is 3. The third-order valence-electron chi connectivity index (χ3n) is 2.30. The van der Waals surface area contributed by atoms with Gasteiger partial charge in [-0.25, -0.2) is 0 Å². The molecule has 0 aliphatic heterocycles. The molecule has 0 aliphatic rings. The highest BCUT2D eigenvalue weighted by atomic mass is 16.6. The van der Waals surface area contributed by atoms with Crippen molar-refractivity contribution in [1.82, 2.24) is 0 Å². The number of hydrogen-bond acceptors (Lipinski definition) is 10. The summed E-state index contributed by atoms with van der Waals surface area (Å²) in [5.41, 5.74) is -3.00. The van der Waals surface area contributed by atoms with Crippen molar-refractivity contribution in [3.05, 3.63) is 42.5 Å². The van der Waals surface area contributed by atoms with E-state index in [-0.39, 0.29) is 0 Å². The molecule has 1 N–H and O–H groups in total. The van der Waals surface area contributed by atoms with Gasteiger partial charge in [-0.2, -0.15) is 0 Å². The maximum Gasteiger partial charge on any atom is 0.324 e. The van der Waals surface area contributed by atoms with E-state index in [9.17, 15) is 39.9 Å². The van der Waals surface area contributed by atoms with Crippen molar-refractivity contribution in [2.45, 2.75) is 19.3 Å². The maximum absolute atomic E-state index is 10.4. The fraction of sp³-hybridized carbons (Fsp3) is 0.250. The van der Waals surface area contributed by atoms with Gasteiger partial charge in [0.05, 0.1) is 26.9 Å². The quantitative estimate of drug-likeness (QED) is 0.321. The normalized spacial score (nSPS) is 8.64. The Labute approximate surface area is 139 Å². The molecule has 0 bridgehead atoms. The second-order valence-corrected chi connectivity index (χ2v) is 3.87. The average molecular weight is 359 g/mol. The van der Waals surface area contributed by atoms with E-state index >= 15 is 0 Å². The number of benzene rings is 1. The topological polar surface area (TPSA) is 201 Å². The van der Waals surface area contributed by atoms with Crippen LogP contribution in [0.3, 0.4) is 0 Å². The first-order valence-corrected chi connectivity index (χ1v) is 6.22. The number of nitro benzene ring substituents is 3. The Morgan fingerprint density at radius 1 is 0.880 bits per heavy atom. The van der Waals surface area contributed by atoms with E-state index in [1.54, 1.807) is 0 Å². The number of aldehydes is 2. The van der Waals surface area contributed by atoms with Crippen molar-refractivity contribution in [3.8, 4) is 5.75 Å². The lowest BCUT2D eigenvalue weighted by Crippen LogP contribution is -1.97. The average Bonchev–Trinajstić information content (AvgIpc) is 2.57. The van der Waals surface area contributed by atoms with Gasteiger partial charge in [0, 0.05) is 12.8 Å². The Morgan fingerprint density at radius 2 is 1.24 bits per heavy atom. The van der Waals surface area contributed by atoms with E-state index in [2.05, 4.69) is 0 Å². The minimum atomic E-state index is -1.21. The van der Waals surface area contributed by atoms with Gasteiger partial charge in [0.25, 0.3) is 11.4 Å². The Morgan fingerprint density at radius 3 is 1.48 bits per heavy atom. The van der Waals surface area contributed by atoms with Crippen LogP contribution in [0.1, 0.15) is 19.3 Å². The first-order chi connectivity index (χ1) is 11.8. The molecule has 1 aromatic rings. The number of carbonyl (C=O) groups is 3. The van der Waals surface area contributed by atoms with Crippen molar-refractivity contribution in [3.63, 3.8) is 0 Å². The van der Waals surface area contributed by atoms with Crippen LogP contribution in [0.2, 0.25) is 0 Å². The summed E-state index contributed by atoms with van der Waals surface area (Å²) < 4.78 is 0. The SMILES string of the molecule is C=O.O=CCCCC=O.O=[N+]([O-])c1cc([N+](=O)[O-])c(O)c([N+](=O)[O-])c1. The molecule has 0 saturated carbocycles. The van der Waals surface area contributed by atoms with Gasteiger partial charge in [-0.05, 0) is 6.42 Å². The molecule has 0 heterocycles. The summed E-state index contributed by atoms with van der Waals surface area (Å²) in [6.07, 6.45) is 3.37. The Bertz CT molecular complexity index is 603. The summed E-state index contributed by atoms with van der Waals surface area (Å²) in [4.78, 5) is 54.9. The molecule has 0 unspecified atom stereocenters. The van der Waals surface area contributed by atoms with Gasteiger partial charge in [-0.15, -0.1) is 0 Å². The zero-order chi connectivity index (χ0) is 20.0. The number of rotatable bonds is 7. The van der Waals surface area contributed by atoms with Gasteiger partial charge in [-0.1, -0.05) is 0 Å². The second-order valence-electron chi connectivity index (χ2n) is 3.87. The molecule has 136 valence electrons. The molecule has 25 heavy (non-hydrogen) atoms. The molecule has 0 atom stereocenters. The predicted molar refractivity (Wildman–Crippen MR) is 81.2 cm³/mol. The minimum absolute atomic E-state index is 0.447. The summed E-state index contributed by atoms with van der Waals surface area (Å²) in [6, 6.07) is 0.894. The number of non-ortho nitro benzene ring substituents is 1. The first kappa shape index (κ1) is 23.5. The van der Waals surface area contributed by atoms with Crippen molar-refractivity contribution >= 4 is 36.4 Å². The van der Waals surface area contributed by atoms with Crippen LogP contribution in [0.5, 0.6) is 5.75 Å². The Kier molecular flexibility index (Phi) is 12.0. The molecule has 0 saturated heterocycles. The lowest BCUT2D eigenvalue weighted by atomic mass is 10.2. The number of nitro groups is 3. The van der Waals surface area contributed by atoms with Crippen molar-refractivity contribution in [1.29, 1.82) is 0 Å². The van der Waals surface area contributed by atoms with Crippen LogP contribution >= 0.6 is 0 Å². The smallest absolute Gasteiger partial charge is 0.324 e. The molecule has 0 spiro atoms. The fourth-order valence-electron chi connectivity index (χ4n) is 1.26. The summed E-state index contributed by atoms with van der Waals surface area (Å²) in [6.45, 7) is 2.00. The minimum Gasteiger partial charge on any atom is -0.497 e. The molecule has 1 rings (SSSR count).